The van der Waals surface area contributed by atoms with Crippen molar-refractivity contribution >= 4 is 0 Å². The van der Waals surface area contributed by atoms with Gasteiger partial charge in [-0.15, -0.1) is 0 Å². The van der Waals surface area contributed by atoms with Crippen LogP contribution in [-0.2, 0) is 23.7 Å². The fourth-order valence-electron chi connectivity index (χ4n) is 2.33. The Balaban J connectivity index is -0.0000000848. The maximum Gasteiger partial charge on any atom is 0.0995 e. The molecule has 0 heterocycles. The van der Waals surface area contributed by atoms with Gasteiger partial charge in [0.05, 0.1) is 75.7 Å². The third kappa shape index (κ3) is 59.6. The molecule has 0 rings (SSSR count). The Bertz CT molecular complexity index is 465. The van der Waals surface area contributed by atoms with E-state index in [1.165, 1.54) is 6.26 Å². The molecule has 0 saturated heterocycles. The Morgan fingerprint density at radius 2 is 0.829 bits per heavy atom. The highest BCUT2D eigenvalue weighted by atomic mass is 16.5. The second kappa shape index (κ2) is 30.8. The summed E-state index contributed by atoms with van der Waals surface area (Å²) in [6.07, 6.45) is 1.46. The van der Waals surface area contributed by atoms with Crippen LogP contribution >= 0.6 is 0 Å². The summed E-state index contributed by atoms with van der Waals surface area (Å²) in [7, 11) is 0. The Labute approximate surface area is 264 Å². The molecule has 0 spiro atoms. The van der Waals surface area contributed by atoms with Crippen molar-refractivity contribution in [2.75, 3.05) is 52.9 Å². The second-order valence-corrected chi connectivity index (χ2v) is 13.3. The van der Waals surface area contributed by atoms with Gasteiger partial charge in [-0.1, -0.05) is 108 Å². The summed E-state index contributed by atoms with van der Waals surface area (Å²) < 4.78 is 29.4. The van der Waals surface area contributed by atoms with Gasteiger partial charge in [0.2, 0.25) is 0 Å². The van der Waals surface area contributed by atoms with E-state index in [2.05, 4.69) is 48.1 Å². The molecule has 0 aliphatic rings. The van der Waals surface area contributed by atoms with Crippen molar-refractivity contribution in [1.82, 2.24) is 0 Å². The van der Waals surface area contributed by atoms with Crippen LogP contribution < -0.4 is 0 Å². The molecule has 0 aromatic heterocycles. The Kier molecular flexibility index (Phi) is 50.9. The van der Waals surface area contributed by atoms with Crippen molar-refractivity contribution in [1.29, 1.82) is 0 Å². The first kappa shape index (κ1) is 67.8. The fraction of sp³-hybridized carbons (Fsp3) is 0.943. The van der Waals surface area contributed by atoms with E-state index in [1.807, 2.05) is 20.8 Å². The van der Waals surface area contributed by atoms with Crippen molar-refractivity contribution in [3.05, 3.63) is 12.8 Å². The summed E-state index contributed by atoms with van der Waals surface area (Å²) in [6.45, 7) is 32.3. The van der Waals surface area contributed by atoms with Gasteiger partial charge in [-0.2, -0.15) is 0 Å². The van der Waals surface area contributed by atoms with Gasteiger partial charge >= 0.3 is 0 Å². The van der Waals surface area contributed by atoms with E-state index in [4.69, 9.17) is 28.8 Å². The van der Waals surface area contributed by atoms with E-state index >= 15 is 0 Å². The van der Waals surface area contributed by atoms with E-state index in [9.17, 15) is 0 Å². The molecule has 6 nitrogen and oxygen atoms in total. The molecule has 0 bridgehead atoms. The lowest BCUT2D eigenvalue weighted by Gasteiger charge is -2.34. The fourth-order valence-corrected chi connectivity index (χ4v) is 2.33. The van der Waals surface area contributed by atoms with Crippen molar-refractivity contribution in [2.24, 2.45) is 16.2 Å². The molecule has 0 fully saturated rings. The largest absolute Gasteiger partial charge is 0.501 e. The Morgan fingerprint density at radius 3 is 1.10 bits per heavy atom. The summed E-state index contributed by atoms with van der Waals surface area (Å²) in [4.78, 5) is 0. The number of hydrogen-bond donors (Lipinski definition) is 1. The predicted molar refractivity (Wildman–Crippen MR) is 191 cm³/mol. The van der Waals surface area contributed by atoms with Crippen LogP contribution in [0, 0.1) is 16.2 Å². The van der Waals surface area contributed by atoms with E-state index < -0.39 is 11.0 Å². The third-order valence-corrected chi connectivity index (χ3v) is 3.57. The van der Waals surface area contributed by atoms with Crippen molar-refractivity contribution < 1.29 is 28.8 Å². The minimum atomic E-state index is -0.500. The smallest absolute Gasteiger partial charge is 0.0995 e. The quantitative estimate of drug-likeness (QED) is 0.157. The molecule has 0 aromatic carbocycles. The molecule has 0 saturated carbocycles. The summed E-state index contributed by atoms with van der Waals surface area (Å²) in [5, 5.41) is 8.52. The highest BCUT2D eigenvalue weighted by Crippen LogP contribution is 2.24. The van der Waals surface area contributed by atoms with E-state index in [0.29, 0.717) is 52.9 Å². The average Bonchev–Trinajstić information content (AvgIpc) is 2.54. The second-order valence-electron chi connectivity index (χ2n) is 13.3. The Hall–Kier alpha value is -0.660. The first-order chi connectivity index (χ1) is 14.7. The topological polar surface area (TPSA) is 66.4 Å². The van der Waals surface area contributed by atoms with Gasteiger partial charge in [-0.3, -0.25) is 0 Å². The molecule has 0 aromatic rings. The number of ether oxygens (including phenoxy) is 5. The molecule has 1 N–H and O–H groups in total. The summed E-state index contributed by atoms with van der Waals surface area (Å²) in [5.74, 6) is 0. The first-order valence-corrected chi connectivity index (χ1v) is 12.0. The lowest BCUT2D eigenvalue weighted by molar-refractivity contribution is -0.117. The molecule has 0 atom stereocenters. The van der Waals surface area contributed by atoms with Gasteiger partial charge < -0.3 is 28.8 Å². The Morgan fingerprint density at radius 1 is 0.512 bits per heavy atom. The van der Waals surface area contributed by atoms with E-state index in [0.717, 1.165) is 0 Å². The van der Waals surface area contributed by atoms with Gasteiger partial charge in [0.25, 0.3) is 0 Å². The van der Waals surface area contributed by atoms with Crippen LogP contribution in [0.25, 0.3) is 0 Å². The highest BCUT2D eigenvalue weighted by Gasteiger charge is 2.34. The van der Waals surface area contributed by atoms with Crippen LogP contribution in [0.4, 0.5) is 0 Å². The normalized spacial score (nSPS) is 10.8. The van der Waals surface area contributed by atoms with Gasteiger partial charge in [-0.05, 0) is 52.4 Å². The van der Waals surface area contributed by atoms with E-state index in [-0.39, 0.29) is 75.8 Å². The number of aliphatic hydroxyl groups is 1. The summed E-state index contributed by atoms with van der Waals surface area (Å²) in [6, 6.07) is 0. The van der Waals surface area contributed by atoms with Gasteiger partial charge in [0.1, 0.15) is 0 Å². The minimum absolute atomic E-state index is 0. The molecule has 0 unspecified atom stereocenters. The lowest BCUT2D eigenvalue weighted by atomic mass is 9.91. The van der Waals surface area contributed by atoms with Crippen LogP contribution in [0.5, 0.6) is 0 Å². The number of rotatable bonds is 14. The molecular weight excluding hydrogens is 516 g/mol. The van der Waals surface area contributed by atoms with Crippen LogP contribution in [0.1, 0.15) is 142 Å². The molecule has 0 radical (unpaired) electrons. The van der Waals surface area contributed by atoms with Crippen molar-refractivity contribution in [3.63, 3.8) is 0 Å². The lowest BCUT2D eigenvalue weighted by Crippen LogP contribution is -2.43. The van der Waals surface area contributed by atoms with Crippen molar-refractivity contribution in [3.8, 4) is 0 Å². The predicted octanol–water partition coefficient (Wildman–Crippen LogP) is 11.0. The van der Waals surface area contributed by atoms with E-state index in [1.54, 1.807) is 20.8 Å². The SMILES string of the molecule is C.C.C.C.C.C.C.C.C=COCC(COCCOC(C)(C)C)(COCC(C)(C)C)COCC(C)(C)C.CC(C)(C)O. The summed E-state index contributed by atoms with van der Waals surface area (Å²) in [5.41, 5.74) is -0.873. The molecule has 264 valence electrons. The van der Waals surface area contributed by atoms with Gasteiger partial charge in [0, 0.05) is 0 Å². The molecule has 41 heavy (non-hydrogen) atoms. The summed E-state index contributed by atoms with van der Waals surface area (Å²) >= 11 is 0. The molecule has 0 aliphatic carbocycles. The van der Waals surface area contributed by atoms with Crippen LogP contribution in [0.3, 0.4) is 0 Å². The number of hydrogen-bond acceptors (Lipinski definition) is 6. The van der Waals surface area contributed by atoms with Gasteiger partial charge in [-0.25, -0.2) is 0 Å². The highest BCUT2D eigenvalue weighted by molar-refractivity contribution is 4.81. The average molecular weight is 605 g/mol. The van der Waals surface area contributed by atoms with Crippen LogP contribution in [0.15, 0.2) is 12.8 Å². The standard InChI is InChI=1S/C23H46O5.C4H10O.8CH4/c1-11-24-16-23(18-26-14-20(2,3)4,19-27-15-21(5,6)7)17-25-12-13-28-22(8,9)10;1-4(2,3)5;;;;;;;;/h11H,1,12-19H2,2-10H3;5H,1-3H3;8*1H4. The maximum atomic E-state index is 8.52. The van der Waals surface area contributed by atoms with Crippen LogP contribution in [-0.4, -0.2) is 69.2 Å². The molecule has 0 aliphatic heterocycles. The molecule has 0 amide bonds. The zero-order chi connectivity index (χ0) is 26.4. The minimum Gasteiger partial charge on any atom is -0.501 e. The van der Waals surface area contributed by atoms with Crippen LogP contribution in [0.2, 0.25) is 0 Å². The molecule has 6 heteroatoms. The zero-order valence-corrected chi connectivity index (χ0v) is 23.9. The maximum absolute atomic E-state index is 8.52. The van der Waals surface area contributed by atoms with Gasteiger partial charge in [0.15, 0.2) is 0 Å². The first-order valence-electron chi connectivity index (χ1n) is 12.0. The monoisotopic (exact) mass is 605 g/mol. The third-order valence-electron chi connectivity index (χ3n) is 3.57. The van der Waals surface area contributed by atoms with Crippen molar-refractivity contribution in [2.45, 2.75) is 154 Å². The zero-order valence-electron chi connectivity index (χ0n) is 23.9. The molecular formula is C35H88O6.